The lowest BCUT2D eigenvalue weighted by molar-refractivity contribution is 0.355. The Morgan fingerprint density at radius 3 is 2.72 bits per heavy atom. The molecule has 0 aliphatic carbocycles. The van der Waals surface area contributed by atoms with Crippen LogP contribution in [-0.4, -0.2) is 24.2 Å². The molecule has 0 saturated heterocycles. The molecule has 6 nitrogen and oxygen atoms in total. The molecule has 0 amide bonds. The predicted molar refractivity (Wildman–Crippen MR) is 96.6 cm³/mol. The van der Waals surface area contributed by atoms with Crippen molar-refractivity contribution in [3.05, 3.63) is 54.9 Å². The molecular formula is C19H17N3O3. The van der Waals surface area contributed by atoms with Crippen molar-refractivity contribution in [1.82, 2.24) is 9.97 Å². The SMILES string of the molecule is COc1ccc(-c2cnc(Nc3ccc4[nH]ccc4c3)o2)cc1OC. The van der Waals surface area contributed by atoms with E-state index in [-0.39, 0.29) is 0 Å². The van der Waals surface area contributed by atoms with Crippen LogP contribution in [0.4, 0.5) is 11.7 Å². The molecule has 6 heteroatoms. The standard InChI is InChI=1S/C19H17N3O3/c1-23-16-6-3-13(10-17(16)24-2)18-11-21-19(25-18)22-14-4-5-15-12(9-14)7-8-20-15/h3-11,20H,1-2H3,(H,21,22). The number of aromatic amines is 1. The average Bonchev–Trinajstić information content (AvgIpc) is 3.30. The maximum atomic E-state index is 5.81. The number of rotatable bonds is 5. The number of hydrogen-bond acceptors (Lipinski definition) is 5. The molecule has 126 valence electrons. The van der Waals surface area contributed by atoms with Crippen LogP contribution in [-0.2, 0) is 0 Å². The second-order valence-corrected chi connectivity index (χ2v) is 5.50. The number of benzene rings is 2. The van der Waals surface area contributed by atoms with Crippen molar-refractivity contribution in [3.8, 4) is 22.8 Å². The van der Waals surface area contributed by atoms with Crippen LogP contribution < -0.4 is 14.8 Å². The number of fused-ring (bicyclic) bond motifs is 1. The van der Waals surface area contributed by atoms with Crippen molar-refractivity contribution in [2.24, 2.45) is 0 Å². The number of anilines is 2. The van der Waals surface area contributed by atoms with E-state index in [0.717, 1.165) is 22.2 Å². The smallest absolute Gasteiger partial charge is 0.299 e. The van der Waals surface area contributed by atoms with Crippen LogP contribution in [0.2, 0.25) is 0 Å². The Balaban J connectivity index is 1.59. The van der Waals surface area contributed by atoms with Gasteiger partial charge in [-0.15, -0.1) is 0 Å². The molecule has 0 radical (unpaired) electrons. The van der Waals surface area contributed by atoms with Gasteiger partial charge in [-0.05, 0) is 42.5 Å². The number of nitrogens with zero attached hydrogens (tertiary/aromatic N) is 1. The zero-order chi connectivity index (χ0) is 17.2. The van der Waals surface area contributed by atoms with Crippen LogP contribution in [0.15, 0.2) is 59.3 Å². The van der Waals surface area contributed by atoms with Gasteiger partial charge in [0, 0.05) is 28.4 Å². The summed E-state index contributed by atoms with van der Waals surface area (Å²) in [5, 5.41) is 4.30. The fraction of sp³-hybridized carbons (Fsp3) is 0.105. The fourth-order valence-corrected chi connectivity index (χ4v) is 2.71. The van der Waals surface area contributed by atoms with E-state index in [1.165, 1.54) is 0 Å². The third-order valence-corrected chi connectivity index (χ3v) is 3.98. The molecule has 0 fully saturated rings. The molecule has 0 spiro atoms. The normalized spacial score (nSPS) is 10.8. The maximum absolute atomic E-state index is 5.81. The van der Waals surface area contributed by atoms with Gasteiger partial charge in [-0.1, -0.05) is 0 Å². The van der Waals surface area contributed by atoms with E-state index in [9.17, 15) is 0 Å². The lowest BCUT2D eigenvalue weighted by Crippen LogP contribution is -1.90. The molecule has 2 heterocycles. The first-order valence-electron chi connectivity index (χ1n) is 7.79. The first-order chi connectivity index (χ1) is 12.3. The summed E-state index contributed by atoms with van der Waals surface area (Å²) in [6, 6.07) is 14.1. The number of H-pyrrole nitrogens is 1. The molecule has 2 aromatic heterocycles. The topological polar surface area (TPSA) is 72.3 Å². The van der Waals surface area contributed by atoms with Gasteiger partial charge in [0.25, 0.3) is 6.01 Å². The summed E-state index contributed by atoms with van der Waals surface area (Å²) in [4.78, 5) is 7.46. The Bertz CT molecular complexity index is 1020. The number of ether oxygens (including phenoxy) is 2. The van der Waals surface area contributed by atoms with Gasteiger partial charge < -0.3 is 24.2 Å². The van der Waals surface area contributed by atoms with Gasteiger partial charge in [0.05, 0.1) is 20.4 Å². The molecule has 0 saturated carbocycles. The Morgan fingerprint density at radius 1 is 1.00 bits per heavy atom. The summed E-state index contributed by atoms with van der Waals surface area (Å²) >= 11 is 0. The van der Waals surface area contributed by atoms with Gasteiger partial charge in [0.2, 0.25) is 0 Å². The summed E-state index contributed by atoms with van der Waals surface area (Å²) in [6.45, 7) is 0. The minimum atomic E-state index is 0.430. The first kappa shape index (κ1) is 15.1. The summed E-state index contributed by atoms with van der Waals surface area (Å²) in [7, 11) is 3.21. The van der Waals surface area contributed by atoms with Gasteiger partial charge in [0.1, 0.15) is 0 Å². The molecule has 0 bridgehead atoms. The summed E-state index contributed by atoms with van der Waals surface area (Å²) in [6.07, 6.45) is 3.59. The number of oxazole rings is 1. The largest absolute Gasteiger partial charge is 0.493 e. The quantitative estimate of drug-likeness (QED) is 0.558. The molecule has 0 aliphatic rings. The molecule has 2 aromatic carbocycles. The highest BCUT2D eigenvalue weighted by Gasteiger charge is 2.11. The van der Waals surface area contributed by atoms with E-state index in [1.54, 1.807) is 20.4 Å². The molecule has 4 rings (SSSR count). The molecule has 0 aliphatic heterocycles. The highest BCUT2D eigenvalue weighted by molar-refractivity contribution is 5.83. The van der Waals surface area contributed by atoms with Crippen molar-refractivity contribution >= 4 is 22.6 Å². The van der Waals surface area contributed by atoms with Crippen LogP contribution in [0.25, 0.3) is 22.2 Å². The highest BCUT2D eigenvalue weighted by Crippen LogP contribution is 2.33. The lowest BCUT2D eigenvalue weighted by atomic mass is 10.1. The Hall–Kier alpha value is -3.41. The van der Waals surface area contributed by atoms with E-state index < -0.39 is 0 Å². The van der Waals surface area contributed by atoms with Crippen LogP contribution in [0.3, 0.4) is 0 Å². The van der Waals surface area contributed by atoms with Crippen LogP contribution >= 0.6 is 0 Å². The Morgan fingerprint density at radius 2 is 1.88 bits per heavy atom. The second kappa shape index (κ2) is 6.24. The van der Waals surface area contributed by atoms with E-state index in [0.29, 0.717) is 23.3 Å². The molecular weight excluding hydrogens is 318 g/mol. The number of nitrogens with one attached hydrogen (secondary N) is 2. The van der Waals surface area contributed by atoms with Crippen molar-refractivity contribution < 1.29 is 13.9 Å². The monoisotopic (exact) mass is 335 g/mol. The molecule has 0 atom stereocenters. The van der Waals surface area contributed by atoms with Crippen molar-refractivity contribution in [1.29, 1.82) is 0 Å². The first-order valence-corrected chi connectivity index (χ1v) is 7.79. The van der Waals surface area contributed by atoms with E-state index >= 15 is 0 Å². The van der Waals surface area contributed by atoms with E-state index in [4.69, 9.17) is 13.9 Å². The second-order valence-electron chi connectivity index (χ2n) is 5.50. The van der Waals surface area contributed by atoms with Gasteiger partial charge in [-0.25, -0.2) is 4.98 Å². The number of hydrogen-bond donors (Lipinski definition) is 2. The molecule has 2 N–H and O–H groups in total. The number of methoxy groups -OCH3 is 2. The zero-order valence-corrected chi connectivity index (χ0v) is 13.9. The van der Waals surface area contributed by atoms with E-state index in [2.05, 4.69) is 15.3 Å². The minimum Gasteiger partial charge on any atom is -0.493 e. The van der Waals surface area contributed by atoms with Crippen molar-refractivity contribution in [3.63, 3.8) is 0 Å². The average molecular weight is 335 g/mol. The van der Waals surface area contributed by atoms with Crippen LogP contribution in [0.1, 0.15) is 0 Å². The van der Waals surface area contributed by atoms with Crippen LogP contribution in [0, 0.1) is 0 Å². The zero-order valence-electron chi connectivity index (χ0n) is 13.9. The molecule has 4 aromatic rings. The van der Waals surface area contributed by atoms with Crippen molar-refractivity contribution in [2.45, 2.75) is 0 Å². The predicted octanol–water partition coefficient (Wildman–Crippen LogP) is 4.58. The van der Waals surface area contributed by atoms with Crippen LogP contribution in [0.5, 0.6) is 11.5 Å². The summed E-state index contributed by atoms with van der Waals surface area (Å²) < 4.78 is 16.4. The van der Waals surface area contributed by atoms with Gasteiger partial charge in [-0.3, -0.25) is 0 Å². The fourth-order valence-electron chi connectivity index (χ4n) is 2.71. The maximum Gasteiger partial charge on any atom is 0.299 e. The third-order valence-electron chi connectivity index (χ3n) is 3.98. The van der Waals surface area contributed by atoms with Gasteiger partial charge >= 0.3 is 0 Å². The van der Waals surface area contributed by atoms with Crippen molar-refractivity contribution in [2.75, 3.05) is 19.5 Å². The van der Waals surface area contributed by atoms with Gasteiger partial charge in [-0.2, -0.15) is 0 Å². The third kappa shape index (κ3) is 2.89. The Labute approximate surface area is 144 Å². The molecule has 25 heavy (non-hydrogen) atoms. The highest BCUT2D eigenvalue weighted by atomic mass is 16.5. The van der Waals surface area contributed by atoms with Gasteiger partial charge in [0.15, 0.2) is 17.3 Å². The minimum absolute atomic E-state index is 0.430. The number of aromatic nitrogens is 2. The summed E-state index contributed by atoms with van der Waals surface area (Å²) in [5.41, 5.74) is 2.86. The lowest BCUT2D eigenvalue weighted by Gasteiger charge is -2.08. The van der Waals surface area contributed by atoms with E-state index in [1.807, 2.05) is 48.7 Å². The molecule has 0 unspecified atom stereocenters. The Kier molecular flexibility index (Phi) is 3.78. The summed E-state index contributed by atoms with van der Waals surface area (Å²) in [5.74, 6) is 1.96.